The van der Waals surface area contributed by atoms with Crippen LogP contribution in [-0.2, 0) is 17.6 Å². The van der Waals surface area contributed by atoms with Gasteiger partial charge in [0.05, 0.1) is 0 Å². The average molecular weight is 484 g/mol. The smallest absolute Gasteiger partial charge is 0.308 e. The van der Waals surface area contributed by atoms with Crippen LogP contribution in [0.25, 0.3) is 11.1 Å². The number of aromatic hydroxyl groups is 1. The van der Waals surface area contributed by atoms with Gasteiger partial charge in [0.15, 0.2) is 0 Å². The van der Waals surface area contributed by atoms with E-state index in [2.05, 4.69) is 29.2 Å². The van der Waals surface area contributed by atoms with E-state index in [0.717, 1.165) is 42.9 Å². The minimum atomic E-state index is -0.328. The number of hydrogen-bond acceptors (Lipinski definition) is 5. The Kier molecular flexibility index (Phi) is 7.38. The average Bonchev–Trinajstić information content (AvgIpc) is 3.23. The van der Waals surface area contributed by atoms with Crippen LogP contribution < -0.4 is 9.47 Å². The number of carbonyl (C=O) groups excluding carboxylic acids is 1. The van der Waals surface area contributed by atoms with Gasteiger partial charge in [-0.1, -0.05) is 36.8 Å². The number of carbonyl (C=O) groups is 1. The molecule has 186 valence electrons. The molecule has 3 aromatic carbocycles. The van der Waals surface area contributed by atoms with Gasteiger partial charge in [-0.05, 0) is 109 Å². The summed E-state index contributed by atoms with van der Waals surface area (Å²) in [4.78, 5) is 13.8. The van der Waals surface area contributed by atoms with Crippen LogP contribution in [0, 0.1) is 0 Å². The van der Waals surface area contributed by atoms with Gasteiger partial charge in [-0.15, -0.1) is 0 Å². The van der Waals surface area contributed by atoms with E-state index in [0.29, 0.717) is 5.75 Å². The highest BCUT2D eigenvalue weighted by molar-refractivity contribution is 5.98. The number of hydrogen-bond donors (Lipinski definition) is 1. The maximum Gasteiger partial charge on any atom is 0.308 e. The lowest BCUT2D eigenvalue weighted by molar-refractivity contribution is -0.131. The summed E-state index contributed by atoms with van der Waals surface area (Å²) in [5, 5.41) is 10.1. The van der Waals surface area contributed by atoms with E-state index >= 15 is 0 Å². The van der Waals surface area contributed by atoms with Crippen molar-refractivity contribution in [1.29, 1.82) is 0 Å². The lowest BCUT2D eigenvalue weighted by Gasteiger charge is -2.26. The second-order valence-corrected chi connectivity index (χ2v) is 9.66. The first-order chi connectivity index (χ1) is 17.5. The molecule has 1 aliphatic carbocycles. The highest BCUT2D eigenvalue weighted by atomic mass is 16.5. The summed E-state index contributed by atoms with van der Waals surface area (Å²) >= 11 is 0. The van der Waals surface area contributed by atoms with E-state index in [-0.39, 0.29) is 11.7 Å². The van der Waals surface area contributed by atoms with E-state index in [1.165, 1.54) is 61.5 Å². The number of benzene rings is 3. The number of nitrogens with zero attached hydrogens (tertiary/aromatic N) is 1. The number of fused-ring (bicyclic) bond motifs is 1. The first-order valence-corrected chi connectivity index (χ1v) is 12.8. The Morgan fingerprint density at radius 2 is 1.64 bits per heavy atom. The third kappa shape index (κ3) is 5.80. The van der Waals surface area contributed by atoms with Crippen LogP contribution in [0.15, 0.2) is 66.7 Å². The Bertz CT molecular complexity index is 1240. The molecule has 0 radical (unpaired) electrons. The Labute approximate surface area is 213 Å². The lowest BCUT2D eigenvalue weighted by Crippen LogP contribution is -2.33. The van der Waals surface area contributed by atoms with Gasteiger partial charge in [0.1, 0.15) is 23.9 Å². The number of allylic oxidation sites excluding steroid dienone is 2. The van der Waals surface area contributed by atoms with Crippen molar-refractivity contribution in [2.75, 3.05) is 26.2 Å². The number of phenolic OH excluding ortho intramolecular Hbond substituents is 1. The molecule has 1 fully saturated rings. The van der Waals surface area contributed by atoms with Crippen molar-refractivity contribution in [2.45, 2.75) is 39.0 Å². The molecule has 0 aromatic heterocycles. The lowest BCUT2D eigenvalue weighted by atomic mass is 9.95. The number of likely N-dealkylation sites (tertiary alicyclic amines) is 1. The number of ether oxygens (including phenoxy) is 2. The summed E-state index contributed by atoms with van der Waals surface area (Å²) < 4.78 is 11.2. The molecule has 1 N–H and O–H groups in total. The Hall–Kier alpha value is -3.57. The second kappa shape index (κ2) is 11.0. The van der Waals surface area contributed by atoms with Crippen molar-refractivity contribution in [3.05, 3.63) is 89.0 Å². The summed E-state index contributed by atoms with van der Waals surface area (Å²) in [6.45, 7) is 5.48. The highest BCUT2D eigenvalue weighted by Gasteiger charge is 2.23. The SMILES string of the molecule is CC(=O)Oc1ccc(C2=C(Cc3ccc(OCCN4CCCCC4)cc3)c3ccc(O)cc3C2)cc1. The fourth-order valence-corrected chi connectivity index (χ4v) is 5.23. The van der Waals surface area contributed by atoms with Gasteiger partial charge < -0.3 is 14.6 Å². The number of piperidine rings is 1. The zero-order chi connectivity index (χ0) is 24.9. The molecule has 5 rings (SSSR count). The van der Waals surface area contributed by atoms with Crippen LogP contribution in [-0.4, -0.2) is 42.2 Å². The molecule has 2 aliphatic rings. The largest absolute Gasteiger partial charge is 0.508 e. The zero-order valence-electron chi connectivity index (χ0n) is 20.8. The van der Waals surface area contributed by atoms with Crippen molar-refractivity contribution >= 4 is 17.1 Å². The quantitative estimate of drug-likeness (QED) is 0.320. The van der Waals surface area contributed by atoms with Crippen molar-refractivity contribution in [1.82, 2.24) is 4.90 Å². The Balaban J connectivity index is 1.32. The van der Waals surface area contributed by atoms with E-state index < -0.39 is 0 Å². The van der Waals surface area contributed by atoms with E-state index in [1.54, 1.807) is 6.07 Å². The fraction of sp³-hybridized carbons (Fsp3) is 0.323. The summed E-state index contributed by atoms with van der Waals surface area (Å²) in [5.41, 5.74) is 7.09. The molecule has 0 unspecified atom stereocenters. The van der Waals surface area contributed by atoms with E-state index in [4.69, 9.17) is 9.47 Å². The van der Waals surface area contributed by atoms with Crippen molar-refractivity contribution in [3.63, 3.8) is 0 Å². The molecule has 0 atom stereocenters. The predicted octanol–water partition coefficient (Wildman–Crippen LogP) is 5.89. The first-order valence-electron chi connectivity index (χ1n) is 12.8. The number of phenols is 1. The van der Waals surface area contributed by atoms with Crippen LogP contribution in [0.5, 0.6) is 17.2 Å². The maximum atomic E-state index is 11.3. The van der Waals surface area contributed by atoms with Gasteiger partial charge >= 0.3 is 5.97 Å². The monoisotopic (exact) mass is 483 g/mol. The zero-order valence-corrected chi connectivity index (χ0v) is 20.8. The van der Waals surface area contributed by atoms with Crippen LogP contribution in [0.1, 0.15) is 48.4 Å². The minimum Gasteiger partial charge on any atom is -0.508 e. The Morgan fingerprint density at radius 1 is 0.917 bits per heavy atom. The second-order valence-electron chi connectivity index (χ2n) is 9.66. The topological polar surface area (TPSA) is 59.0 Å². The van der Waals surface area contributed by atoms with Gasteiger partial charge in [0.2, 0.25) is 0 Å². The van der Waals surface area contributed by atoms with Gasteiger partial charge in [0.25, 0.3) is 0 Å². The molecule has 36 heavy (non-hydrogen) atoms. The molecule has 1 aliphatic heterocycles. The standard InChI is InChI=1S/C31H33NO4/c1-22(33)36-28-12-7-24(8-13-28)30-21-25-20-26(34)9-14-29(25)31(30)19-23-5-10-27(11-6-23)35-18-17-32-15-3-2-4-16-32/h5-14,20,34H,2-4,15-19,21H2,1H3. The summed E-state index contributed by atoms with van der Waals surface area (Å²) in [7, 11) is 0. The molecule has 0 spiro atoms. The summed E-state index contributed by atoms with van der Waals surface area (Å²) in [6.07, 6.45) is 5.48. The van der Waals surface area contributed by atoms with Crippen molar-refractivity contribution < 1.29 is 19.4 Å². The molecule has 3 aromatic rings. The molecule has 1 heterocycles. The van der Waals surface area contributed by atoms with Gasteiger partial charge in [0, 0.05) is 13.5 Å². The molecule has 1 saturated heterocycles. The third-order valence-corrected chi connectivity index (χ3v) is 7.04. The highest BCUT2D eigenvalue weighted by Crippen LogP contribution is 2.41. The molecule has 0 saturated carbocycles. The molecular formula is C31H33NO4. The van der Waals surface area contributed by atoms with Gasteiger partial charge in [-0.3, -0.25) is 9.69 Å². The van der Waals surface area contributed by atoms with Crippen LogP contribution >= 0.6 is 0 Å². The molecular weight excluding hydrogens is 450 g/mol. The van der Waals surface area contributed by atoms with Crippen LogP contribution in [0.4, 0.5) is 0 Å². The molecule has 0 bridgehead atoms. The van der Waals surface area contributed by atoms with E-state index in [1.807, 2.05) is 36.4 Å². The van der Waals surface area contributed by atoms with Crippen LogP contribution in [0.3, 0.4) is 0 Å². The molecule has 5 nitrogen and oxygen atoms in total. The first kappa shape index (κ1) is 24.1. The van der Waals surface area contributed by atoms with Gasteiger partial charge in [-0.2, -0.15) is 0 Å². The van der Waals surface area contributed by atoms with Gasteiger partial charge in [-0.25, -0.2) is 0 Å². The van der Waals surface area contributed by atoms with Crippen LogP contribution in [0.2, 0.25) is 0 Å². The third-order valence-electron chi connectivity index (χ3n) is 7.04. The van der Waals surface area contributed by atoms with Crippen molar-refractivity contribution in [3.8, 4) is 17.2 Å². The fourth-order valence-electron chi connectivity index (χ4n) is 5.23. The summed E-state index contributed by atoms with van der Waals surface area (Å²) in [5.74, 6) is 1.40. The van der Waals surface area contributed by atoms with Crippen molar-refractivity contribution in [2.24, 2.45) is 0 Å². The summed E-state index contributed by atoms with van der Waals surface area (Å²) in [6, 6.07) is 21.7. The van der Waals surface area contributed by atoms with E-state index in [9.17, 15) is 9.90 Å². The normalized spacial score (nSPS) is 15.6. The molecule has 0 amide bonds. The number of esters is 1. The minimum absolute atomic E-state index is 0.283. The maximum absolute atomic E-state index is 11.3. The Morgan fingerprint density at radius 3 is 2.36 bits per heavy atom. The molecule has 5 heteroatoms. The predicted molar refractivity (Wildman–Crippen MR) is 142 cm³/mol. The number of rotatable bonds is 8.